The molecule has 0 spiro atoms. The smallest absolute Gasteiger partial charge is 0.305 e. The molecule has 1 amide bonds. The fourth-order valence-electron chi connectivity index (χ4n) is 2.14. The molecule has 0 bridgehead atoms. The van der Waals surface area contributed by atoms with Gasteiger partial charge in [0.1, 0.15) is 4.88 Å². The predicted octanol–water partition coefficient (Wildman–Crippen LogP) is 1.61. The Kier molecular flexibility index (Phi) is 3.73. The normalized spacial score (nSPS) is 20.2. The highest BCUT2D eigenvalue weighted by atomic mass is 32.1. The van der Waals surface area contributed by atoms with Crippen LogP contribution in [0.2, 0.25) is 0 Å². The molecule has 5 nitrogen and oxygen atoms in total. The van der Waals surface area contributed by atoms with Gasteiger partial charge in [-0.25, -0.2) is 0 Å². The van der Waals surface area contributed by atoms with E-state index in [2.05, 4.69) is 4.98 Å². The third-order valence-electron chi connectivity index (χ3n) is 2.94. The van der Waals surface area contributed by atoms with Crippen LogP contribution < -0.4 is 0 Å². The van der Waals surface area contributed by atoms with E-state index >= 15 is 0 Å². The molecule has 17 heavy (non-hydrogen) atoms. The lowest BCUT2D eigenvalue weighted by Crippen LogP contribution is -2.44. The monoisotopic (exact) mass is 254 g/mol. The molecule has 92 valence electrons. The van der Waals surface area contributed by atoms with E-state index in [0.717, 1.165) is 19.3 Å². The minimum Gasteiger partial charge on any atom is -0.481 e. The number of thiazole rings is 1. The van der Waals surface area contributed by atoms with E-state index in [1.54, 1.807) is 16.6 Å². The van der Waals surface area contributed by atoms with Crippen LogP contribution >= 0.6 is 11.3 Å². The van der Waals surface area contributed by atoms with Gasteiger partial charge in [-0.2, -0.15) is 0 Å². The molecule has 0 saturated carbocycles. The van der Waals surface area contributed by atoms with Crippen molar-refractivity contribution in [3.63, 3.8) is 0 Å². The van der Waals surface area contributed by atoms with Crippen molar-refractivity contribution in [2.75, 3.05) is 6.54 Å². The van der Waals surface area contributed by atoms with Crippen LogP contribution in [0.15, 0.2) is 11.7 Å². The zero-order chi connectivity index (χ0) is 12.3. The Morgan fingerprint density at radius 1 is 1.53 bits per heavy atom. The first-order chi connectivity index (χ1) is 8.18. The topological polar surface area (TPSA) is 70.5 Å². The van der Waals surface area contributed by atoms with E-state index in [-0.39, 0.29) is 18.4 Å². The summed E-state index contributed by atoms with van der Waals surface area (Å²) in [4.78, 5) is 29.1. The first-order valence-corrected chi connectivity index (χ1v) is 6.47. The summed E-state index contributed by atoms with van der Waals surface area (Å²) in [5.74, 6) is -0.933. The van der Waals surface area contributed by atoms with Crippen molar-refractivity contribution in [1.29, 1.82) is 0 Å². The molecule has 1 atom stereocenters. The number of piperidine rings is 1. The number of amides is 1. The lowest BCUT2D eigenvalue weighted by molar-refractivity contribution is -0.138. The van der Waals surface area contributed by atoms with Crippen LogP contribution in [-0.4, -0.2) is 39.5 Å². The zero-order valence-corrected chi connectivity index (χ0v) is 10.2. The van der Waals surface area contributed by atoms with E-state index in [4.69, 9.17) is 5.11 Å². The van der Waals surface area contributed by atoms with E-state index in [1.807, 2.05) is 0 Å². The Morgan fingerprint density at radius 2 is 2.35 bits per heavy atom. The molecule has 1 N–H and O–H groups in total. The second-order valence-electron chi connectivity index (χ2n) is 4.11. The molecule has 1 fully saturated rings. The van der Waals surface area contributed by atoms with Crippen LogP contribution in [0, 0.1) is 0 Å². The van der Waals surface area contributed by atoms with Crippen LogP contribution in [0.5, 0.6) is 0 Å². The van der Waals surface area contributed by atoms with Gasteiger partial charge in [0.2, 0.25) is 0 Å². The molecule has 1 aliphatic rings. The van der Waals surface area contributed by atoms with Gasteiger partial charge in [0.25, 0.3) is 5.91 Å². The Labute approximate surface area is 103 Å². The second kappa shape index (κ2) is 5.27. The molecule has 6 heteroatoms. The molecule has 2 rings (SSSR count). The largest absolute Gasteiger partial charge is 0.481 e. The van der Waals surface area contributed by atoms with Crippen molar-refractivity contribution in [3.8, 4) is 0 Å². The average molecular weight is 254 g/mol. The van der Waals surface area contributed by atoms with Crippen molar-refractivity contribution in [2.45, 2.75) is 31.7 Å². The number of hydrogen-bond acceptors (Lipinski definition) is 4. The summed E-state index contributed by atoms with van der Waals surface area (Å²) in [5, 5.41) is 8.85. The van der Waals surface area contributed by atoms with Gasteiger partial charge >= 0.3 is 5.97 Å². The Bertz CT molecular complexity index is 405. The third kappa shape index (κ3) is 2.82. The van der Waals surface area contributed by atoms with E-state index in [9.17, 15) is 9.59 Å². The number of hydrogen-bond donors (Lipinski definition) is 1. The zero-order valence-electron chi connectivity index (χ0n) is 9.33. The second-order valence-corrected chi connectivity index (χ2v) is 5.00. The van der Waals surface area contributed by atoms with Crippen molar-refractivity contribution in [2.24, 2.45) is 0 Å². The highest BCUT2D eigenvalue weighted by molar-refractivity contribution is 7.11. The molecule has 0 radical (unpaired) electrons. The quantitative estimate of drug-likeness (QED) is 0.889. The van der Waals surface area contributed by atoms with E-state index in [1.165, 1.54) is 11.3 Å². The summed E-state index contributed by atoms with van der Waals surface area (Å²) in [6.07, 6.45) is 4.28. The lowest BCUT2D eigenvalue weighted by atomic mass is 9.99. The minimum absolute atomic E-state index is 0.0323. The fourth-order valence-corrected chi connectivity index (χ4v) is 2.72. The lowest BCUT2D eigenvalue weighted by Gasteiger charge is -2.34. The van der Waals surface area contributed by atoms with Gasteiger partial charge in [0.05, 0.1) is 18.1 Å². The standard InChI is InChI=1S/C11H14N2O3S/c14-10(15)5-8-3-1-2-4-13(8)11(16)9-6-12-7-17-9/h6-8H,1-5H2,(H,14,15). The van der Waals surface area contributed by atoms with Gasteiger partial charge in [0, 0.05) is 12.6 Å². The highest BCUT2D eigenvalue weighted by Gasteiger charge is 2.29. The summed E-state index contributed by atoms with van der Waals surface area (Å²) < 4.78 is 0. The molecule has 1 unspecified atom stereocenters. The Hall–Kier alpha value is -1.43. The molecule has 2 heterocycles. The number of carbonyl (C=O) groups excluding carboxylic acids is 1. The number of likely N-dealkylation sites (tertiary alicyclic amines) is 1. The molecule has 0 aromatic carbocycles. The van der Waals surface area contributed by atoms with Gasteiger partial charge < -0.3 is 10.0 Å². The SMILES string of the molecule is O=C(O)CC1CCCCN1C(=O)c1cncs1. The molecule has 1 aliphatic heterocycles. The summed E-state index contributed by atoms with van der Waals surface area (Å²) in [6.45, 7) is 0.648. The van der Waals surface area contributed by atoms with E-state index < -0.39 is 5.97 Å². The number of aliphatic carboxylic acids is 1. The summed E-state index contributed by atoms with van der Waals surface area (Å²) in [6, 6.07) is -0.171. The summed E-state index contributed by atoms with van der Waals surface area (Å²) >= 11 is 1.30. The maximum Gasteiger partial charge on any atom is 0.305 e. The average Bonchev–Trinajstić information content (AvgIpc) is 2.81. The van der Waals surface area contributed by atoms with E-state index in [0.29, 0.717) is 11.4 Å². The third-order valence-corrected chi connectivity index (χ3v) is 3.70. The Balaban J connectivity index is 2.10. The minimum atomic E-state index is -0.848. The molecule has 1 saturated heterocycles. The summed E-state index contributed by atoms with van der Waals surface area (Å²) in [5.41, 5.74) is 1.61. The van der Waals surface area contributed by atoms with Gasteiger partial charge in [-0.05, 0) is 19.3 Å². The van der Waals surface area contributed by atoms with Gasteiger partial charge in [-0.15, -0.1) is 11.3 Å². The summed E-state index contributed by atoms with van der Waals surface area (Å²) in [7, 11) is 0. The number of rotatable bonds is 3. The van der Waals surface area contributed by atoms with Crippen molar-refractivity contribution in [3.05, 3.63) is 16.6 Å². The van der Waals surface area contributed by atoms with Gasteiger partial charge in [0.15, 0.2) is 0 Å². The van der Waals surface area contributed by atoms with Crippen molar-refractivity contribution in [1.82, 2.24) is 9.88 Å². The number of nitrogens with zero attached hydrogens (tertiary/aromatic N) is 2. The molecular weight excluding hydrogens is 240 g/mol. The molecular formula is C11H14N2O3S. The number of carboxylic acid groups (broad SMARTS) is 1. The number of aromatic nitrogens is 1. The van der Waals surface area contributed by atoms with Crippen LogP contribution in [-0.2, 0) is 4.79 Å². The maximum atomic E-state index is 12.2. The van der Waals surface area contributed by atoms with Crippen LogP contribution in [0.25, 0.3) is 0 Å². The van der Waals surface area contributed by atoms with Gasteiger partial charge in [-0.3, -0.25) is 14.6 Å². The highest BCUT2D eigenvalue weighted by Crippen LogP contribution is 2.23. The first-order valence-electron chi connectivity index (χ1n) is 5.59. The molecule has 0 aliphatic carbocycles. The van der Waals surface area contributed by atoms with Crippen molar-refractivity contribution >= 4 is 23.2 Å². The van der Waals surface area contributed by atoms with Crippen LogP contribution in [0.4, 0.5) is 0 Å². The maximum absolute atomic E-state index is 12.2. The molecule has 1 aromatic heterocycles. The predicted molar refractivity (Wildman–Crippen MR) is 63.0 cm³/mol. The number of carbonyl (C=O) groups is 2. The molecule has 1 aromatic rings. The number of carboxylic acids is 1. The van der Waals surface area contributed by atoms with Crippen LogP contribution in [0.3, 0.4) is 0 Å². The van der Waals surface area contributed by atoms with Gasteiger partial charge in [-0.1, -0.05) is 0 Å². The fraction of sp³-hybridized carbons (Fsp3) is 0.545. The Morgan fingerprint density at radius 3 is 3.00 bits per heavy atom. The van der Waals surface area contributed by atoms with Crippen LogP contribution in [0.1, 0.15) is 35.4 Å². The first kappa shape index (κ1) is 12.0. The van der Waals surface area contributed by atoms with Crippen molar-refractivity contribution < 1.29 is 14.7 Å².